The van der Waals surface area contributed by atoms with Gasteiger partial charge in [-0.05, 0) is 51.3 Å². The van der Waals surface area contributed by atoms with Crippen molar-refractivity contribution in [3.8, 4) is 0 Å². The van der Waals surface area contributed by atoms with Crippen LogP contribution in [0.1, 0.15) is 37.2 Å². The maximum absolute atomic E-state index is 12.5. The van der Waals surface area contributed by atoms with E-state index in [4.69, 9.17) is 4.42 Å². The molecule has 1 aliphatic heterocycles. The Morgan fingerprint density at radius 1 is 1.44 bits per heavy atom. The minimum absolute atomic E-state index is 0.0293. The van der Waals surface area contributed by atoms with E-state index in [-0.39, 0.29) is 11.9 Å². The van der Waals surface area contributed by atoms with Gasteiger partial charge in [0, 0.05) is 6.04 Å². The fraction of sp³-hybridized carbons (Fsp3) is 0.643. The molecule has 1 aromatic heterocycles. The number of aryl methyl sites for hydroxylation is 1. The second-order valence-electron chi connectivity index (χ2n) is 5.36. The highest BCUT2D eigenvalue weighted by molar-refractivity contribution is 5.82. The Kier molecular flexibility index (Phi) is 3.12. The fourth-order valence-electron chi connectivity index (χ4n) is 2.61. The van der Waals surface area contributed by atoms with Crippen molar-refractivity contribution < 1.29 is 9.21 Å². The number of amides is 1. The summed E-state index contributed by atoms with van der Waals surface area (Å²) in [4.78, 5) is 14.5. The molecule has 0 aromatic carbocycles. The lowest BCUT2D eigenvalue weighted by atomic mass is 10.2. The number of carbonyl (C=O) groups excluding carboxylic acids is 1. The van der Waals surface area contributed by atoms with Gasteiger partial charge in [-0.1, -0.05) is 0 Å². The summed E-state index contributed by atoms with van der Waals surface area (Å²) in [6, 6.07) is 4.39. The van der Waals surface area contributed by atoms with Gasteiger partial charge in [0.15, 0.2) is 0 Å². The third-order valence-electron chi connectivity index (χ3n) is 3.75. The largest absolute Gasteiger partial charge is 0.464 e. The molecule has 2 heterocycles. The molecule has 4 nitrogen and oxygen atoms in total. The van der Waals surface area contributed by atoms with Crippen LogP contribution in [0.5, 0.6) is 0 Å². The first-order chi connectivity index (χ1) is 8.74. The van der Waals surface area contributed by atoms with Gasteiger partial charge in [0.25, 0.3) is 0 Å². The van der Waals surface area contributed by atoms with Crippen LogP contribution >= 0.6 is 0 Å². The molecule has 0 radical (unpaired) electrons. The lowest BCUT2D eigenvalue weighted by Crippen LogP contribution is -2.44. The Morgan fingerprint density at radius 3 is 2.83 bits per heavy atom. The summed E-state index contributed by atoms with van der Waals surface area (Å²) in [5.41, 5.74) is 0. The molecule has 1 N–H and O–H groups in total. The van der Waals surface area contributed by atoms with E-state index in [1.54, 1.807) is 0 Å². The Hall–Kier alpha value is -1.29. The van der Waals surface area contributed by atoms with Crippen LogP contribution in [0.25, 0.3) is 0 Å². The summed E-state index contributed by atoms with van der Waals surface area (Å²) in [5, 5.41) is 3.29. The fourth-order valence-corrected chi connectivity index (χ4v) is 2.61. The SMILES string of the molecule is Cc1ccc(CN(C(=O)C2CCCN2)C2CC2)o1. The highest BCUT2D eigenvalue weighted by Crippen LogP contribution is 2.30. The summed E-state index contributed by atoms with van der Waals surface area (Å²) >= 11 is 0. The first-order valence-electron chi connectivity index (χ1n) is 6.83. The maximum Gasteiger partial charge on any atom is 0.240 e. The number of furan rings is 1. The van der Waals surface area contributed by atoms with Crippen LogP contribution in [0.4, 0.5) is 0 Å². The first kappa shape index (κ1) is 11.8. The summed E-state index contributed by atoms with van der Waals surface area (Å²) < 4.78 is 5.59. The van der Waals surface area contributed by atoms with Gasteiger partial charge in [0.2, 0.25) is 5.91 Å². The minimum Gasteiger partial charge on any atom is -0.464 e. The van der Waals surface area contributed by atoms with Gasteiger partial charge < -0.3 is 14.6 Å². The molecule has 0 bridgehead atoms. The van der Waals surface area contributed by atoms with Crippen molar-refractivity contribution in [1.82, 2.24) is 10.2 Å². The third-order valence-corrected chi connectivity index (χ3v) is 3.75. The quantitative estimate of drug-likeness (QED) is 0.884. The van der Waals surface area contributed by atoms with Crippen molar-refractivity contribution in [3.05, 3.63) is 23.7 Å². The first-order valence-corrected chi connectivity index (χ1v) is 6.83. The molecule has 1 unspecified atom stereocenters. The standard InChI is InChI=1S/C14H20N2O2/c1-10-4-7-12(18-10)9-16(11-5-6-11)14(17)13-3-2-8-15-13/h4,7,11,13,15H,2-3,5-6,8-9H2,1H3. The minimum atomic E-state index is 0.0293. The Bertz CT molecular complexity index is 431. The van der Waals surface area contributed by atoms with Gasteiger partial charge in [-0.15, -0.1) is 0 Å². The van der Waals surface area contributed by atoms with Crippen LogP contribution in [0.2, 0.25) is 0 Å². The van der Waals surface area contributed by atoms with Crippen LogP contribution in [0, 0.1) is 6.92 Å². The summed E-state index contributed by atoms with van der Waals surface area (Å²) in [7, 11) is 0. The Balaban J connectivity index is 1.69. The average molecular weight is 248 g/mol. The Morgan fingerprint density at radius 2 is 2.28 bits per heavy atom. The molecule has 1 aliphatic carbocycles. The molecule has 98 valence electrons. The number of nitrogens with one attached hydrogen (secondary N) is 1. The van der Waals surface area contributed by atoms with Gasteiger partial charge in [-0.2, -0.15) is 0 Å². The van der Waals surface area contributed by atoms with Crippen LogP contribution < -0.4 is 5.32 Å². The number of hydrogen-bond donors (Lipinski definition) is 1. The van der Waals surface area contributed by atoms with E-state index < -0.39 is 0 Å². The van der Waals surface area contributed by atoms with Gasteiger partial charge in [0.05, 0.1) is 12.6 Å². The zero-order valence-corrected chi connectivity index (χ0v) is 10.8. The van der Waals surface area contributed by atoms with Crippen molar-refractivity contribution >= 4 is 5.91 Å². The van der Waals surface area contributed by atoms with E-state index in [0.717, 1.165) is 43.7 Å². The molecule has 2 fully saturated rings. The molecule has 1 atom stereocenters. The number of carbonyl (C=O) groups is 1. The van der Waals surface area contributed by atoms with E-state index in [2.05, 4.69) is 5.32 Å². The average Bonchev–Trinajstić information content (AvgIpc) is 2.89. The van der Waals surface area contributed by atoms with Gasteiger partial charge in [0.1, 0.15) is 11.5 Å². The highest BCUT2D eigenvalue weighted by atomic mass is 16.3. The van der Waals surface area contributed by atoms with Crippen molar-refractivity contribution in [3.63, 3.8) is 0 Å². The summed E-state index contributed by atoms with van der Waals surface area (Å²) in [6.07, 6.45) is 4.35. The van der Waals surface area contributed by atoms with Gasteiger partial charge >= 0.3 is 0 Å². The molecule has 4 heteroatoms. The van der Waals surface area contributed by atoms with Crippen LogP contribution in [0.15, 0.2) is 16.5 Å². The van der Waals surface area contributed by atoms with Gasteiger partial charge in [-0.3, -0.25) is 4.79 Å². The molecule has 2 aliphatic rings. The lowest BCUT2D eigenvalue weighted by Gasteiger charge is -2.24. The smallest absolute Gasteiger partial charge is 0.240 e. The molecule has 1 aromatic rings. The van der Waals surface area contributed by atoms with Crippen LogP contribution in [0.3, 0.4) is 0 Å². The molecular formula is C14H20N2O2. The monoisotopic (exact) mass is 248 g/mol. The number of hydrogen-bond acceptors (Lipinski definition) is 3. The molecule has 3 rings (SSSR count). The topological polar surface area (TPSA) is 45.5 Å². The molecule has 1 saturated carbocycles. The lowest BCUT2D eigenvalue weighted by molar-refractivity contribution is -0.134. The summed E-state index contributed by atoms with van der Waals surface area (Å²) in [5.74, 6) is 2.06. The van der Waals surface area contributed by atoms with E-state index >= 15 is 0 Å². The molecule has 1 saturated heterocycles. The predicted molar refractivity (Wildman–Crippen MR) is 68.0 cm³/mol. The van der Waals surface area contributed by atoms with Crippen molar-refractivity contribution in [2.45, 2.75) is 51.2 Å². The molecule has 0 spiro atoms. The summed E-state index contributed by atoms with van der Waals surface area (Å²) in [6.45, 7) is 3.52. The van der Waals surface area contributed by atoms with Crippen molar-refractivity contribution in [2.75, 3.05) is 6.54 Å². The third kappa shape index (κ3) is 2.43. The zero-order valence-electron chi connectivity index (χ0n) is 10.8. The highest BCUT2D eigenvalue weighted by Gasteiger charge is 2.37. The Labute approximate surface area is 107 Å². The van der Waals surface area contributed by atoms with Crippen molar-refractivity contribution in [1.29, 1.82) is 0 Å². The van der Waals surface area contributed by atoms with E-state index in [1.807, 2.05) is 24.0 Å². The number of nitrogens with zero attached hydrogens (tertiary/aromatic N) is 1. The van der Waals surface area contributed by atoms with Crippen LogP contribution in [-0.2, 0) is 11.3 Å². The second-order valence-corrected chi connectivity index (χ2v) is 5.36. The second kappa shape index (κ2) is 4.76. The maximum atomic E-state index is 12.5. The zero-order chi connectivity index (χ0) is 12.5. The van der Waals surface area contributed by atoms with Gasteiger partial charge in [-0.25, -0.2) is 0 Å². The molecule has 18 heavy (non-hydrogen) atoms. The van der Waals surface area contributed by atoms with E-state index in [1.165, 1.54) is 0 Å². The van der Waals surface area contributed by atoms with Crippen LogP contribution in [-0.4, -0.2) is 29.4 Å². The van der Waals surface area contributed by atoms with Crippen molar-refractivity contribution in [2.24, 2.45) is 0 Å². The predicted octanol–water partition coefficient (Wildman–Crippen LogP) is 1.83. The normalized spacial score (nSPS) is 23.3. The van der Waals surface area contributed by atoms with E-state index in [9.17, 15) is 4.79 Å². The number of rotatable bonds is 4. The molecular weight excluding hydrogens is 228 g/mol. The molecule has 1 amide bonds. The van der Waals surface area contributed by atoms with E-state index in [0.29, 0.717) is 12.6 Å².